The first-order valence-electron chi connectivity index (χ1n) is 6.48. The van der Waals surface area contributed by atoms with Crippen LogP contribution in [-0.2, 0) is 4.79 Å². The summed E-state index contributed by atoms with van der Waals surface area (Å²) in [4.78, 5) is 16.5. The Kier molecular flexibility index (Phi) is 3.82. The molecule has 4 nitrogen and oxygen atoms in total. The van der Waals surface area contributed by atoms with Gasteiger partial charge in [-0.25, -0.2) is 0 Å². The van der Waals surface area contributed by atoms with Crippen LogP contribution in [0.25, 0.3) is 0 Å². The third kappa shape index (κ3) is 2.55. The smallest absolute Gasteiger partial charge is 0.239 e. The second kappa shape index (κ2) is 5.15. The van der Waals surface area contributed by atoms with E-state index in [1.165, 1.54) is 25.7 Å². The second-order valence-electron chi connectivity index (χ2n) is 4.97. The molecule has 0 aromatic carbocycles. The second-order valence-corrected chi connectivity index (χ2v) is 4.97. The molecule has 16 heavy (non-hydrogen) atoms. The van der Waals surface area contributed by atoms with Crippen LogP contribution in [0, 0.1) is 0 Å². The predicted molar refractivity (Wildman–Crippen MR) is 64.1 cm³/mol. The van der Waals surface area contributed by atoms with Gasteiger partial charge in [0.2, 0.25) is 5.91 Å². The van der Waals surface area contributed by atoms with Gasteiger partial charge >= 0.3 is 0 Å². The van der Waals surface area contributed by atoms with Crippen LogP contribution >= 0.6 is 0 Å². The minimum Gasteiger partial charge on any atom is -0.341 e. The molecule has 1 unspecified atom stereocenters. The molecule has 1 amide bonds. The molecular formula is C12H23N3O. The van der Waals surface area contributed by atoms with Crippen LogP contribution in [0.1, 0.15) is 32.6 Å². The van der Waals surface area contributed by atoms with E-state index in [1.54, 1.807) is 0 Å². The molecule has 0 aromatic heterocycles. The highest BCUT2D eigenvalue weighted by molar-refractivity contribution is 5.81. The predicted octanol–water partition coefficient (Wildman–Crippen LogP) is 0.420. The maximum atomic E-state index is 12.2. The van der Waals surface area contributed by atoms with Crippen molar-refractivity contribution in [3.63, 3.8) is 0 Å². The first kappa shape index (κ1) is 11.9. The Balaban J connectivity index is 1.92. The third-order valence-electron chi connectivity index (χ3n) is 3.68. The molecule has 1 heterocycles. The number of nitrogens with two attached hydrogens (primary N) is 1. The van der Waals surface area contributed by atoms with Crippen molar-refractivity contribution in [3.8, 4) is 0 Å². The first-order valence-corrected chi connectivity index (χ1v) is 6.48. The highest BCUT2D eigenvalue weighted by Gasteiger charge is 2.36. The normalized spacial score (nSPS) is 22.8. The van der Waals surface area contributed by atoms with E-state index in [1.807, 2.05) is 11.8 Å². The number of hydrogen-bond acceptors (Lipinski definition) is 3. The van der Waals surface area contributed by atoms with E-state index < -0.39 is 0 Å². The van der Waals surface area contributed by atoms with Crippen molar-refractivity contribution in [3.05, 3.63) is 0 Å². The van der Waals surface area contributed by atoms with Gasteiger partial charge in [0.15, 0.2) is 0 Å². The van der Waals surface area contributed by atoms with Gasteiger partial charge in [-0.3, -0.25) is 9.69 Å². The number of carbonyl (C=O) groups is 1. The minimum atomic E-state index is 0.0224. The van der Waals surface area contributed by atoms with Crippen LogP contribution in [0.4, 0.5) is 0 Å². The lowest BCUT2D eigenvalue weighted by atomic mass is 10.2. The molecular weight excluding hydrogens is 202 g/mol. The highest BCUT2D eigenvalue weighted by Crippen LogP contribution is 2.29. The summed E-state index contributed by atoms with van der Waals surface area (Å²) < 4.78 is 0. The number of carbonyl (C=O) groups excluding carboxylic acids is 1. The monoisotopic (exact) mass is 225 g/mol. The maximum absolute atomic E-state index is 12.2. The Morgan fingerprint density at radius 2 is 2.06 bits per heavy atom. The van der Waals surface area contributed by atoms with Gasteiger partial charge in [-0.15, -0.1) is 0 Å². The Hall–Kier alpha value is -0.610. The molecule has 92 valence electrons. The Morgan fingerprint density at radius 1 is 1.44 bits per heavy atom. The quantitative estimate of drug-likeness (QED) is 0.738. The van der Waals surface area contributed by atoms with Crippen molar-refractivity contribution >= 4 is 5.91 Å². The Labute approximate surface area is 97.8 Å². The van der Waals surface area contributed by atoms with Crippen molar-refractivity contribution < 1.29 is 4.79 Å². The summed E-state index contributed by atoms with van der Waals surface area (Å²) in [7, 11) is 0. The van der Waals surface area contributed by atoms with E-state index in [2.05, 4.69) is 4.90 Å². The zero-order chi connectivity index (χ0) is 11.5. The molecule has 1 aliphatic heterocycles. The van der Waals surface area contributed by atoms with E-state index in [0.717, 1.165) is 19.6 Å². The van der Waals surface area contributed by atoms with E-state index in [-0.39, 0.29) is 6.04 Å². The summed E-state index contributed by atoms with van der Waals surface area (Å²) in [5.74, 6) is 0.304. The van der Waals surface area contributed by atoms with Gasteiger partial charge in [0, 0.05) is 32.2 Å². The molecule has 0 spiro atoms. The molecule has 4 heteroatoms. The van der Waals surface area contributed by atoms with Crippen LogP contribution in [0.5, 0.6) is 0 Å². The topological polar surface area (TPSA) is 49.6 Å². The van der Waals surface area contributed by atoms with Crippen LogP contribution in [0.15, 0.2) is 0 Å². The third-order valence-corrected chi connectivity index (χ3v) is 3.68. The fourth-order valence-corrected chi connectivity index (χ4v) is 2.59. The lowest BCUT2D eigenvalue weighted by Gasteiger charge is -2.30. The molecule has 2 N–H and O–H groups in total. The van der Waals surface area contributed by atoms with Gasteiger partial charge in [0.25, 0.3) is 0 Å². The standard InChI is InChI=1S/C12H23N3O/c1-10(12(16)14-7-2-3-8-14)15(9-6-13)11-4-5-11/h10-11H,2-9,13H2,1H3. The van der Waals surface area contributed by atoms with Crippen molar-refractivity contribution in [1.29, 1.82) is 0 Å². The maximum Gasteiger partial charge on any atom is 0.239 e. The molecule has 2 aliphatic rings. The zero-order valence-corrected chi connectivity index (χ0v) is 10.2. The molecule has 0 aromatic rings. The minimum absolute atomic E-state index is 0.0224. The Bertz CT molecular complexity index is 247. The number of nitrogens with zero attached hydrogens (tertiary/aromatic N) is 2. The van der Waals surface area contributed by atoms with Gasteiger partial charge in [-0.2, -0.15) is 0 Å². The molecule has 1 atom stereocenters. The SMILES string of the molecule is CC(C(=O)N1CCCC1)N(CCN)C1CC1. The number of likely N-dealkylation sites (tertiary alicyclic amines) is 1. The van der Waals surface area contributed by atoms with Gasteiger partial charge in [-0.1, -0.05) is 0 Å². The number of rotatable bonds is 5. The lowest BCUT2D eigenvalue weighted by Crippen LogP contribution is -2.48. The average molecular weight is 225 g/mol. The highest BCUT2D eigenvalue weighted by atomic mass is 16.2. The molecule has 2 fully saturated rings. The van der Waals surface area contributed by atoms with Gasteiger partial charge < -0.3 is 10.6 Å². The van der Waals surface area contributed by atoms with Crippen LogP contribution in [-0.4, -0.2) is 54.0 Å². The summed E-state index contributed by atoms with van der Waals surface area (Å²) in [5, 5.41) is 0. The number of hydrogen-bond donors (Lipinski definition) is 1. The van der Waals surface area contributed by atoms with Crippen molar-refractivity contribution in [1.82, 2.24) is 9.80 Å². The summed E-state index contributed by atoms with van der Waals surface area (Å²) in [6.45, 7) is 5.43. The molecule has 0 bridgehead atoms. The van der Waals surface area contributed by atoms with Gasteiger partial charge in [-0.05, 0) is 32.6 Å². The largest absolute Gasteiger partial charge is 0.341 e. The average Bonchev–Trinajstić information content (AvgIpc) is 2.98. The molecule has 1 saturated heterocycles. The van der Waals surface area contributed by atoms with Gasteiger partial charge in [0.1, 0.15) is 0 Å². The zero-order valence-electron chi connectivity index (χ0n) is 10.2. The van der Waals surface area contributed by atoms with Crippen LogP contribution in [0.3, 0.4) is 0 Å². The first-order chi connectivity index (χ1) is 7.74. The number of amides is 1. The fourth-order valence-electron chi connectivity index (χ4n) is 2.59. The summed E-state index contributed by atoms with van der Waals surface area (Å²) in [6, 6.07) is 0.638. The van der Waals surface area contributed by atoms with E-state index in [4.69, 9.17) is 5.73 Å². The fraction of sp³-hybridized carbons (Fsp3) is 0.917. The molecule has 2 rings (SSSR count). The van der Waals surface area contributed by atoms with Crippen LogP contribution < -0.4 is 5.73 Å². The molecule has 1 saturated carbocycles. The van der Waals surface area contributed by atoms with E-state index in [9.17, 15) is 4.79 Å². The van der Waals surface area contributed by atoms with E-state index in [0.29, 0.717) is 18.5 Å². The van der Waals surface area contributed by atoms with Crippen LogP contribution in [0.2, 0.25) is 0 Å². The summed E-state index contributed by atoms with van der Waals surface area (Å²) >= 11 is 0. The Morgan fingerprint density at radius 3 is 2.56 bits per heavy atom. The summed E-state index contributed by atoms with van der Waals surface area (Å²) in [6.07, 6.45) is 4.80. The molecule has 0 radical (unpaired) electrons. The summed E-state index contributed by atoms with van der Waals surface area (Å²) in [5.41, 5.74) is 5.62. The molecule has 1 aliphatic carbocycles. The lowest BCUT2D eigenvalue weighted by molar-refractivity contribution is -0.135. The van der Waals surface area contributed by atoms with Gasteiger partial charge in [0.05, 0.1) is 6.04 Å². The van der Waals surface area contributed by atoms with Crippen molar-refractivity contribution in [2.75, 3.05) is 26.2 Å². The van der Waals surface area contributed by atoms with E-state index >= 15 is 0 Å². The van der Waals surface area contributed by atoms with Crippen molar-refractivity contribution in [2.45, 2.75) is 44.7 Å². The van der Waals surface area contributed by atoms with Crippen molar-refractivity contribution in [2.24, 2.45) is 5.73 Å².